The standard InChI is InChI=1S/C14H24N6O2S/c1-3-13-11-18(7-8-23-13)14(15-4-2)16-5-6-19-10-12(9-17-19)20(21)22/h9-10,13H,3-8,11H2,1-2H3,(H,15,16). The third kappa shape index (κ3) is 5.12. The Labute approximate surface area is 140 Å². The number of guanidine groups is 1. The molecule has 1 aliphatic rings. The fourth-order valence-corrected chi connectivity index (χ4v) is 3.59. The molecular weight excluding hydrogens is 316 g/mol. The number of aliphatic imine (C=N–C) groups is 1. The number of hydrogen-bond acceptors (Lipinski definition) is 5. The molecule has 0 saturated carbocycles. The average molecular weight is 340 g/mol. The smallest absolute Gasteiger partial charge is 0.306 e. The number of nitro groups is 1. The van der Waals surface area contributed by atoms with Gasteiger partial charge in [0.25, 0.3) is 0 Å². The molecule has 0 radical (unpaired) electrons. The molecule has 1 fully saturated rings. The van der Waals surface area contributed by atoms with Gasteiger partial charge in [0, 0.05) is 30.6 Å². The van der Waals surface area contributed by atoms with Crippen molar-refractivity contribution < 1.29 is 4.92 Å². The predicted molar refractivity (Wildman–Crippen MR) is 93.0 cm³/mol. The van der Waals surface area contributed by atoms with E-state index in [1.165, 1.54) is 12.4 Å². The summed E-state index contributed by atoms with van der Waals surface area (Å²) in [7, 11) is 0. The summed E-state index contributed by atoms with van der Waals surface area (Å²) in [6, 6.07) is 0. The van der Waals surface area contributed by atoms with Crippen LogP contribution in [0.1, 0.15) is 20.3 Å². The van der Waals surface area contributed by atoms with Gasteiger partial charge in [0.15, 0.2) is 5.96 Å². The zero-order valence-electron chi connectivity index (χ0n) is 13.6. The highest BCUT2D eigenvalue weighted by Gasteiger charge is 2.21. The average Bonchev–Trinajstić information content (AvgIpc) is 3.03. The van der Waals surface area contributed by atoms with Crippen LogP contribution < -0.4 is 5.32 Å². The third-order valence-electron chi connectivity index (χ3n) is 3.65. The van der Waals surface area contributed by atoms with Crippen LogP contribution in [-0.4, -0.2) is 62.7 Å². The van der Waals surface area contributed by atoms with Gasteiger partial charge in [0.2, 0.25) is 0 Å². The van der Waals surface area contributed by atoms with Crippen LogP contribution in [0.25, 0.3) is 0 Å². The van der Waals surface area contributed by atoms with Gasteiger partial charge in [0.1, 0.15) is 12.4 Å². The van der Waals surface area contributed by atoms with Crippen LogP contribution in [0.3, 0.4) is 0 Å². The number of aromatic nitrogens is 2. The summed E-state index contributed by atoms with van der Waals surface area (Å²) in [5.41, 5.74) is 0.0136. The Morgan fingerprint density at radius 1 is 1.61 bits per heavy atom. The van der Waals surface area contributed by atoms with Crippen molar-refractivity contribution in [2.45, 2.75) is 32.1 Å². The molecule has 2 heterocycles. The Morgan fingerprint density at radius 3 is 3.09 bits per heavy atom. The molecule has 1 aromatic rings. The summed E-state index contributed by atoms with van der Waals surface area (Å²) < 4.78 is 1.56. The molecule has 23 heavy (non-hydrogen) atoms. The minimum atomic E-state index is -0.437. The van der Waals surface area contributed by atoms with E-state index in [4.69, 9.17) is 0 Å². The van der Waals surface area contributed by atoms with Crippen LogP contribution in [0.2, 0.25) is 0 Å². The first-order chi connectivity index (χ1) is 11.1. The van der Waals surface area contributed by atoms with Crippen molar-refractivity contribution in [3.63, 3.8) is 0 Å². The Morgan fingerprint density at radius 2 is 2.43 bits per heavy atom. The Balaban J connectivity index is 1.93. The monoisotopic (exact) mass is 340 g/mol. The van der Waals surface area contributed by atoms with E-state index in [1.54, 1.807) is 4.68 Å². The van der Waals surface area contributed by atoms with Crippen molar-refractivity contribution in [3.05, 3.63) is 22.5 Å². The van der Waals surface area contributed by atoms with Crippen LogP contribution in [-0.2, 0) is 6.54 Å². The summed E-state index contributed by atoms with van der Waals surface area (Å²) in [5.74, 6) is 2.04. The minimum Gasteiger partial charge on any atom is -0.357 e. The highest BCUT2D eigenvalue weighted by Crippen LogP contribution is 2.21. The molecule has 2 rings (SSSR count). The molecule has 1 aliphatic heterocycles. The van der Waals surface area contributed by atoms with Gasteiger partial charge in [-0.3, -0.25) is 19.8 Å². The zero-order chi connectivity index (χ0) is 16.7. The zero-order valence-corrected chi connectivity index (χ0v) is 14.5. The normalized spacial score (nSPS) is 19.0. The van der Waals surface area contributed by atoms with Gasteiger partial charge in [-0.25, -0.2) is 0 Å². The van der Waals surface area contributed by atoms with Gasteiger partial charge < -0.3 is 10.2 Å². The van der Waals surface area contributed by atoms with Crippen molar-refractivity contribution in [3.8, 4) is 0 Å². The van der Waals surface area contributed by atoms with Crippen LogP contribution in [0.15, 0.2) is 17.4 Å². The second-order valence-corrected chi connectivity index (χ2v) is 6.71. The summed E-state index contributed by atoms with van der Waals surface area (Å²) in [6.07, 6.45) is 3.87. The summed E-state index contributed by atoms with van der Waals surface area (Å²) in [4.78, 5) is 17.2. The Hall–Kier alpha value is -1.77. The maximum absolute atomic E-state index is 10.7. The van der Waals surface area contributed by atoms with Crippen molar-refractivity contribution in [2.24, 2.45) is 4.99 Å². The summed E-state index contributed by atoms with van der Waals surface area (Å²) in [5, 5.41) is 18.6. The molecule has 9 heteroatoms. The second-order valence-electron chi connectivity index (χ2n) is 5.30. The summed E-state index contributed by atoms with van der Waals surface area (Å²) >= 11 is 2.03. The highest BCUT2D eigenvalue weighted by atomic mass is 32.2. The first-order valence-corrected chi connectivity index (χ1v) is 9.00. The maximum atomic E-state index is 10.7. The van der Waals surface area contributed by atoms with Gasteiger partial charge in [-0.1, -0.05) is 6.92 Å². The predicted octanol–water partition coefficient (Wildman–Crippen LogP) is 1.58. The lowest BCUT2D eigenvalue weighted by molar-refractivity contribution is -0.385. The van der Waals surface area contributed by atoms with Crippen molar-refractivity contribution in [1.29, 1.82) is 0 Å². The van der Waals surface area contributed by atoms with Crippen molar-refractivity contribution in [1.82, 2.24) is 20.0 Å². The number of rotatable bonds is 6. The van der Waals surface area contributed by atoms with E-state index in [2.05, 4.69) is 34.2 Å². The lowest BCUT2D eigenvalue weighted by Gasteiger charge is -2.34. The lowest BCUT2D eigenvalue weighted by Crippen LogP contribution is -2.48. The quantitative estimate of drug-likeness (QED) is 0.366. The molecule has 0 amide bonds. The van der Waals surface area contributed by atoms with Gasteiger partial charge in [-0.2, -0.15) is 16.9 Å². The molecule has 128 valence electrons. The number of hydrogen-bond donors (Lipinski definition) is 1. The van der Waals surface area contributed by atoms with E-state index < -0.39 is 4.92 Å². The van der Waals surface area contributed by atoms with Crippen LogP contribution in [0.5, 0.6) is 0 Å². The largest absolute Gasteiger partial charge is 0.357 e. The SMILES string of the molecule is CCNC(=NCCn1cc([N+](=O)[O-])cn1)N1CCSC(CC)C1. The fourth-order valence-electron chi connectivity index (χ4n) is 2.41. The first kappa shape index (κ1) is 17.6. The molecular formula is C14H24N6O2S. The molecule has 0 bridgehead atoms. The fraction of sp³-hybridized carbons (Fsp3) is 0.714. The maximum Gasteiger partial charge on any atom is 0.306 e. The van der Waals surface area contributed by atoms with Gasteiger partial charge in [-0.05, 0) is 13.3 Å². The van der Waals surface area contributed by atoms with E-state index in [-0.39, 0.29) is 5.69 Å². The minimum absolute atomic E-state index is 0.0136. The molecule has 1 unspecified atom stereocenters. The van der Waals surface area contributed by atoms with Crippen LogP contribution in [0.4, 0.5) is 5.69 Å². The molecule has 1 aromatic heterocycles. The van der Waals surface area contributed by atoms with Crippen LogP contribution in [0, 0.1) is 10.1 Å². The van der Waals surface area contributed by atoms with Crippen molar-refractivity contribution in [2.75, 3.05) is 31.9 Å². The third-order valence-corrected chi connectivity index (χ3v) is 5.02. The molecule has 1 atom stereocenters. The van der Waals surface area contributed by atoms with Crippen LogP contribution >= 0.6 is 11.8 Å². The van der Waals surface area contributed by atoms with E-state index in [0.29, 0.717) is 18.3 Å². The van der Waals surface area contributed by atoms with E-state index in [1.807, 2.05) is 11.8 Å². The Kier molecular flexibility index (Phi) is 6.69. The number of nitrogens with one attached hydrogen (secondary N) is 1. The lowest BCUT2D eigenvalue weighted by atomic mass is 10.3. The number of thioether (sulfide) groups is 1. The second kappa shape index (κ2) is 8.76. The molecule has 8 nitrogen and oxygen atoms in total. The molecule has 0 aliphatic carbocycles. The number of nitrogens with zero attached hydrogens (tertiary/aromatic N) is 5. The highest BCUT2D eigenvalue weighted by molar-refractivity contribution is 8.00. The molecule has 1 saturated heterocycles. The van der Waals surface area contributed by atoms with Gasteiger partial charge >= 0.3 is 5.69 Å². The molecule has 0 aromatic carbocycles. The van der Waals surface area contributed by atoms with E-state index >= 15 is 0 Å². The van der Waals surface area contributed by atoms with E-state index in [9.17, 15) is 10.1 Å². The Bertz CT molecular complexity index is 547. The molecule has 1 N–H and O–H groups in total. The van der Waals surface area contributed by atoms with Crippen molar-refractivity contribution >= 4 is 23.4 Å². The molecule has 0 spiro atoms. The van der Waals surface area contributed by atoms with Gasteiger partial charge in [-0.15, -0.1) is 0 Å². The summed E-state index contributed by atoms with van der Waals surface area (Å²) in [6.45, 7) is 8.19. The first-order valence-electron chi connectivity index (χ1n) is 7.95. The topological polar surface area (TPSA) is 88.6 Å². The van der Waals surface area contributed by atoms with Gasteiger partial charge in [0.05, 0.1) is 18.0 Å². The van der Waals surface area contributed by atoms with E-state index in [0.717, 1.165) is 37.8 Å².